The first-order valence-electron chi connectivity index (χ1n) is 7.98. The molecule has 2 aromatic heterocycles. The summed E-state index contributed by atoms with van der Waals surface area (Å²) in [5.41, 5.74) is 5.96. The maximum Gasteiger partial charge on any atom is 0.270 e. The van der Waals surface area contributed by atoms with E-state index in [1.54, 1.807) is 5.38 Å². The summed E-state index contributed by atoms with van der Waals surface area (Å²) in [6, 6.07) is 3.90. The molecule has 2 aromatic rings. The molecule has 1 fully saturated rings. The highest BCUT2D eigenvalue weighted by molar-refractivity contribution is 7.09. The second-order valence-corrected chi connectivity index (χ2v) is 6.60. The predicted molar refractivity (Wildman–Crippen MR) is 105 cm³/mol. The zero-order valence-corrected chi connectivity index (χ0v) is 16.9. The summed E-state index contributed by atoms with van der Waals surface area (Å²) < 4.78 is 11.2. The molecule has 1 amide bonds. The van der Waals surface area contributed by atoms with E-state index in [9.17, 15) is 4.79 Å². The van der Waals surface area contributed by atoms with Gasteiger partial charge in [-0.1, -0.05) is 0 Å². The average molecular weight is 423 g/mol. The first-order valence-corrected chi connectivity index (χ1v) is 8.86. The topological polar surface area (TPSA) is 93.6 Å². The molecule has 146 valence electrons. The van der Waals surface area contributed by atoms with Crippen LogP contribution in [0.3, 0.4) is 0 Å². The highest BCUT2D eigenvalue weighted by Crippen LogP contribution is 2.23. The fourth-order valence-electron chi connectivity index (χ4n) is 2.72. The Morgan fingerprint density at radius 1 is 1.38 bits per heavy atom. The first-order chi connectivity index (χ1) is 11.7. The molecule has 0 spiro atoms. The third kappa shape index (κ3) is 5.67. The molecule has 7 nitrogen and oxygen atoms in total. The van der Waals surface area contributed by atoms with Crippen LogP contribution in [0.5, 0.6) is 0 Å². The molecule has 0 saturated carbocycles. The Morgan fingerprint density at radius 2 is 2.12 bits per heavy atom. The monoisotopic (exact) mass is 422 g/mol. The van der Waals surface area contributed by atoms with Crippen molar-refractivity contribution in [3.05, 3.63) is 39.7 Å². The van der Waals surface area contributed by atoms with Gasteiger partial charge in [-0.2, -0.15) is 0 Å². The lowest BCUT2D eigenvalue weighted by molar-refractivity contribution is 0.0117. The van der Waals surface area contributed by atoms with Gasteiger partial charge in [0.15, 0.2) is 0 Å². The number of nitrogens with two attached hydrogens (primary N) is 1. The van der Waals surface area contributed by atoms with Gasteiger partial charge in [-0.3, -0.25) is 9.69 Å². The fourth-order valence-corrected chi connectivity index (χ4v) is 3.37. The van der Waals surface area contributed by atoms with Crippen LogP contribution in [0.4, 0.5) is 0 Å². The van der Waals surface area contributed by atoms with E-state index in [0.29, 0.717) is 32.0 Å². The van der Waals surface area contributed by atoms with E-state index >= 15 is 0 Å². The number of nitrogens with one attached hydrogen (secondary N) is 1. The second-order valence-electron chi connectivity index (χ2n) is 5.65. The standard InChI is InChI=1S/C16H22N4O3S.2ClH/c1-11-2-3-14(23-11)13(20-4-6-22-7-5-20)9-18-16(21)12-10-24-15(8-17)19-12;;/h2-3,10,13H,4-9,17H2,1H3,(H,18,21);2*1H. The van der Waals surface area contributed by atoms with E-state index in [-0.39, 0.29) is 36.8 Å². The zero-order valence-electron chi connectivity index (χ0n) is 14.5. The van der Waals surface area contributed by atoms with E-state index in [4.69, 9.17) is 14.9 Å². The van der Waals surface area contributed by atoms with Crippen molar-refractivity contribution >= 4 is 42.1 Å². The van der Waals surface area contributed by atoms with Gasteiger partial charge < -0.3 is 20.2 Å². The van der Waals surface area contributed by atoms with Crippen molar-refractivity contribution in [3.63, 3.8) is 0 Å². The smallest absolute Gasteiger partial charge is 0.270 e. The normalized spacial score (nSPS) is 15.6. The van der Waals surface area contributed by atoms with E-state index in [1.807, 2.05) is 19.1 Å². The van der Waals surface area contributed by atoms with Crippen molar-refractivity contribution in [1.82, 2.24) is 15.2 Å². The quantitative estimate of drug-likeness (QED) is 0.740. The van der Waals surface area contributed by atoms with E-state index in [1.165, 1.54) is 11.3 Å². The van der Waals surface area contributed by atoms with E-state index < -0.39 is 0 Å². The van der Waals surface area contributed by atoms with Crippen LogP contribution in [0.2, 0.25) is 0 Å². The highest BCUT2D eigenvalue weighted by Gasteiger charge is 2.26. The molecule has 3 rings (SSSR count). The van der Waals surface area contributed by atoms with Crippen molar-refractivity contribution in [2.75, 3.05) is 32.8 Å². The number of thiazole rings is 1. The number of carbonyl (C=O) groups excluding carboxylic acids is 1. The number of aromatic nitrogens is 1. The summed E-state index contributed by atoms with van der Waals surface area (Å²) in [7, 11) is 0. The number of hydrogen-bond acceptors (Lipinski definition) is 7. The summed E-state index contributed by atoms with van der Waals surface area (Å²) in [5, 5.41) is 5.45. The Hall–Kier alpha value is -1.16. The number of morpholine rings is 1. The molecule has 3 N–H and O–H groups in total. The summed E-state index contributed by atoms with van der Waals surface area (Å²) in [6.45, 7) is 5.73. The molecule has 1 saturated heterocycles. The van der Waals surface area contributed by atoms with Crippen molar-refractivity contribution < 1.29 is 13.9 Å². The zero-order chi connectivity index (χ0) is 16.9. The largest absolute Gasteiger partial charge is 0.465 e. The Kier molecular flexibility index (Phi) is 9.56. The number of hydrogen-bond donors (Lipinski definition) is 2. The first kappa shape index (κ1) is 22.9. The van der Waals surface area contributed by atoms with Gasteiger partial charge in [0.2, 0.25) is 0 Å². The Morgan fingerprint density at radius 3 is 2.69 bits per heavy atom. The molecule has 1 atom stereocenters. The van der Waals surface area contributed by atoms with Crippen molar-refractivity contribution in [2.24, 2.45) is 5.73 Å². The van der Waals surface area contributed by atoms with Gasteiger partial charge in [0.05, 0.1) is 19.3 Å². The highest BCUT2D eigenvalue weighted by atomic mass is 35.5. The Labute approximate surface area is 169 Å². The second kappa shape index (κ2) is 10.9. The van der Waals surface area contributed by atoms with Crippen LogP contribution in [-0.4, -0.2) is 48.6 Å². The fraction of sp³-hybridized carbons (Fsp3) is 0.500. The molecular formula is C16H24Cl2N4O3S. The summed E-state index contributed by atoms with van der Waals surface area (Å²) in [5.74, 6) is 1.53. The van der Waals surface area contributed by atoms with Crippen LogP contribution in [0.15, 0.2) is 21.9 Å². The summed E-state index contributed by atoms with van der Waals surface area (Å²) >= 11 is 1.40. The third-order valence-electron chi connectivity index (χ3n) is 3.99. The van der Waals surface area contributed by atoms with Crippen molar-refractivity contribution in [1.29, 1.82) is 0 Å². The SMILES string of the molecule is Cc1ccc(C(CNC(=O)c2csc(CN)n2)N2CCOCC2)o1.Cl.Cl. The van der Waals surface area contributed by atoms with Crippen LogP contribution in [0.1, 0.15) is 33.1 Å². The number of amides is 1. The molecule has 10 heteroatoms. The number of ether oxygens (including phenoxy) is 1. The molecule has 0 bridgehead atoms. The van der Waals surface area contributed by atoms with E-state index in [2.05, 4.69) is 15.2 Å². The number of rotatable bonds is 6. The number of furan rings is 1. The Bertz CT molecular complexity index is 689. The lowest BCUT2D eigenvalue weighted by atomic mass is 10.1. The number of carbonyl (C=O) groups is 1. The predicted octanol–water partition coefficient (Wildman–Crippen LogP) is 2.15. The molecule has 1 aliphatic heterocycles. The van der Waals surface area contributed by atoms with Crippen molar-refractivity contribution in [2.45, 2.75) is 19.5 Å². The summed E-state index contributed by atoms with van der Waals surface area (Å²) in [6.07, 6.45) is 0. The minimum atomic E-state index is -0.188. The minimum Gasteiger partial charge on any atom is -0.465 e. The summed E-state index contributed by atoms with van der Waals surface area (Å²) in [4.78, 5) is 18.8. The van der Waals surface area contributed by atoms with E-state index in [0.717, 1.165) is 29.6 Å². The molecule has 3 heterocycles. The maximum atomic E-state index is 12.3. The van der Waals surface area contributed by atoms with Crippen LogP contribution < -0.4 is 11.1 Å². The van der Waals surface area contributed by atoms with Crippen LogP contribution in [0, 0.1) is 6.92 Å². The molecule has 1 aliphatic rings. The van der Waals surface area contributed by atoms with Crippen LogP contribution in [-0.2, 0) is 11.3 Å². The molecule has 0 aromatic carbocycles. The van der Waals surface area contributed by atoms with Gasteiger partial charge in [-0.05, 0) is 19.1 Å². The van der Waals surface area contributed by atoms with Gasteiger partial charge in [-0.25, -0.2) is 4.98 Å². The number of halogens is 2. The average Bonchev–Trinajstić information content (AvgIpc) is 3.25. The van der Waals surface area contributed by atoms with Gasteiger partial charge in [0.25, 0.3) is 5.91 Å². The van der Waals surface area contributed by atoms with Gasteiger partial charge in [0, 0.05) is 31.6 Å². The van der Waals surface area contributed by atoms with Crippen molar-refractivity contribution in [3.8, 4) is 0 Å². The number of nitrogens with zero attached hydrogens (tertiary/aromatic N) is 2. The lowest BCUT2D eigenvalue weighted by Gasteiger charge is -2.33. The lowest BCUT2D eigenvalue weighted by Crippen LogP contribution is -2.43. The molecule has 26 heavy (non-hydrogen) atoms. The number of aryl methyl sites for hydroxylation is 1. The van der Waals surface area contributed by atoms with Gasteiger partial charge in [0.1, 0.15) is 22.2 Å². The molecule has 0 radical (unpaired) electrons. The Balaban J connectivity index is 0.00000169. The molecular weight excluding hydrogens is 399 g/mol. The maximum absolute atomic E-state index is 12.3. The van der Waals surface area contributed by atoms with Crippen LogP contribution >= 0.6 is 36.2 Å². The van der Waals surface area contributed by atoms with Gasteiger partial charge in [-0.15, -0.1) is 36.2 Å². The minimum absolute atomic E-state index is 0. The molecule has 1 unspecified atom stereocenters. The van der Waals surface area contributed by atoms with Gasteiger partial charge >= 0.3 is 0 Å². The third-order valence-corrected chi connectivity index (χ3v) is 4.86. The van der Waals surface area contributed by atoms with Crippen LogP contribution in [0.25, 0.3) is 0 Å². The molecule has 0 aliphatic carbocycles.